The van der Waals surface area contributed by atoms with Crippen LogP contribution in [0.3, 0.4) is 0 Å². The highest BCUT2D eigenvalue weighted by atomic mass is 32.2. The van der Waals surface area contributed by atoms with Crippen LogP contribution >= 0.6 is 23.6 Å². The Morgan fingerprint density at radius 2 is 1.86 bits per heavy atom. The topological polar surface area (TPSA) is 75.3 Å². The van der Waals surface area contributed by atoms with E-state index in [1.807, 2.05) is 17.0 Å². The maximum Gasteiger partial charge on any atom is 0.333 e. The van der Waals surface area contributed by atoms with Crippen LogP contribution in [0.25, 0.3) is 0 Å². The van der Waals surface area contributed by atoms with Crippen molar-refractivity contribution in [3.63, 3.8) is 0 Å². The van der Waals surface area contributed by atoms with Crippen LogP contribution in [0.1, 0.15) is 10.4 Å². The molecular weight excluding hydrogens is 328 g/mol. The molecule has 0 atom stereocenters. The molecule has 0 aliphatic carbocycles. The van der Waals surface area contributed by atoms with E-state index in [4.69, 9.17) is 12.2 Å². The number of thiocarbonyl (C=S) groups is 1. The van der Waals surface area contributed by atoms with E-state index in [2.05, 4.69) is 5.32 Å². The summed E-state index contributed by atoms with van der Waals surface area (Å²) in [6.45, 7) is 1.84. The summed E-state index contributed by atoms with van der Waals surface area (Å²) < 4.78 is 25.9. The molecule has 0 spiro atoms. The molecule has 5 nitrogen and oxygen atoms in total. The van der Waals surface area contributed by atoms with Crippen molar-refractivity contribution in [1.29, 1.82) is 0 Å². The number of hydrogen-bond acceptors (Lipinski definition) is 5. The Labute approximate surface area is 132 Å². The van der Waals surface area contributed by atoms with Gasteiger partial charge in [0.25, 0.3) is 10.0 Å². The fourth-order valence-electron chi connectivity index (χ4n) is 1.50. The monoisotopic (exact) mass is 340 g/mol. The number of urea groups is 1. The molecule has 1 heterocycles. The second-order valence-electron chi connectivity index (χ2n) is 4.18. The van der Waals surface area contributed by atoms with E-state index in [9.17, 15) is 13.2 Å². The van der Waals surface area contributed by atoms with Gasteiger partial charge in [-0.15, -0.1) is 11.3 Å². The predicted octanol–water partition coefficient (Wildman–Crippen LogP) is 2.42. The van der Waals surface area contributed by atoms with E-state index < -0.39 is 16.1 Å². The maximum absolute atomic E-state index is 12.0. The van der Waals surface area contributed by atoms with Gasteiger partial charge < -0.3 is 0 Å². The van der Waals surface area contributed by atoms with Crippen LogP contribution < -0.4 is 10.0 Å². The zero-order chi connectivity index (χ0) is 15.5. The lowest BCUT2D eigenvalue weighted by Crippen LogP contribution is -2.41. The number of hydrogen-bond donors (Lipinski definition) is 2. The Bertz CT molecular complexity index is 750. The molecular formula is C13H12N2O3S3. The fraction of sp³-hybridized carbons (Fsp3) is 0.0769. The molecule has 0 aliphatic heterocycles. The van der Waals surface area contributed by atoms with Gasteiger partial charge in [-0.25, -0.2) is 17.9 Å². The third-order valence-corrected chi connectivity index (χ3v) is 5.22. The van der Waals surface area contributed by atoms with Gasteiger partial charge in [0.1, 0.15) is 4.99 Å². The Kier molecular flexibility index (Phi) is 4.71. The molecule has 8 heteroatoms. The summed E-state index contributed by atoms with van der Waals surface area (Å²) in [6, 6.07) is 8.82. The highest BCUT2D eigenvalue weighted by Gasteiger charge is 2.18. The van der Waals surface area contributed by atoms with Crippen molar-refractivity contribution in [2.45, 2.75) is 11.8 Å². The summed E-state index contributed by atoms with van der Waals surface area (Å²) in [5, 5.41) is 4.14. The third-order valence-electron chi connectivity index (χ3n) is 2.53. The van der Waals surface area contributed by atoms with Gasteiger partial charge in [-0.2, -0.15) is 0 Å². The number of rotatable bonds is 3. The first-order valence-electron chi connectivity index (χ1n) is 5.87. The zero-order valence-electron chi connectivity index (χ0n) is 11.0. The Balaban J connectivity index is 2.05. The number of carbonyl (C=O) groups excluding carboxylic acids is 1. The highest BCUT2D eigenvalue weighted by Crippen LogP contribution is 2.11. The van der Waals surface area contributed by atoms with Crippen LogP contribution in [0.2, 0.25) is 0 Å². The quantitative estimate of drug-likeness (QED) is 0.842. The molecule has 1 aromatic heterocycles. The Hall–Kier alpha value is -1.77. The SMILES string of the molecule is Cc1ccc(S(=O)(=O)NC(=O)NC(=S)c2cccs2)cc1. The second kappa shape index (κ2) is 6.33. The molecule has 2 amide bonds. The van der Waals surface area contributed by atoms with E-state index in [-0.39, 0.29) is 9.88 Å². The second-order valence-corrected chi connectivity index (χ2v) is 7.22. The summed E-state index contributed by atoms with van der Waals surface area (Å²) in [6.07, 6.45) is 0. The largest absolute Gasteiger partial charge is 0.333 e. The number of sulfonamides is 1. The van der Waals surface area contributed by atoms with Gasteiger partial charge in [-0.05, 0) is 30.5 Å². The smallest absolute Gasteiger partial charge is 0.297 e. The van der Waals surface area contributed by atoms with E-state index in [1.54, 1.807) is 24.3 Å². The van der Waals surface area contributed by atoms with Crippen LogP contribution in [-0.4, -0.2) is 19.4 Å². The molecule has 1 aromatic carbocycles. The van der Waals surface area contributed by atoms with Crippen molar-refractivity contribution in [2.75, 3.05) is 0 Å². The summed E-state index contributed by atoms with van der Waals surface area (Å²) in [5.74, 6) is 0. The molecule has 2 rings (SSSR count). The summed E-state index contributed by atoms with van der Waals surface area (Å²) in [7, 11) is -3.91. The number of amides is 2. The van der Waals surface area contributed by atoms with E-state index >= 15 is 0 Å². The average molecular weight is 340 g/mol. The minimum Gasteiger partial charge on any atom is -0.297 e. The van der Waals surface area contributed by atoms with Crippen LogP contribution in [0, 0.1) is 6.92 Å². The molecule has 0 fully saturated rings. The predicted molar refractivity (Wildman–Crippen MR) is 86.1 cm³/mol. The van der Waals surface area contributed by atoms with Gasteiger partial charge >= 0.3 is 6.03 Å². The van der Waals surface area contributed by atoms with Crippen LogP contribution in [-0.2, 0) is 10.0 Å². The molecule has 21 heavy (non-hydrogen) atoms. The van der Waals surface area contributed by atoms with Crippen molar-refractivity contribution in [2.24, 2.45) is 0 Å². The summed E-state index contributed by atoms with van der Waals surface area (Å²) in [4.78, 5) is 12.6. The third kappa shape index (κ3) is 4.10. The van der Waals surface area contributed by atoms with Crippen molar-refractivity contribution in [3.8, 4) is 0 Å². The first kappa shape index (κ1) is 15.6. The van der Waals surface area contributed by atoms with E-state index in [1.165, 1.54) is 23.5 Å². The van der Waals surface area contributed by atoms with Crippen molar-refractivity contribution >= 4 is 44.6 Å². The number of thiophene rings is 1. The van der Waals surface area contributed by atoms with Crippen molar-refractivity contribution in [1.82, 2.24) is 10.0 Å². The van der Waals surface area contributed by atoms with E-state index in [0.717, 1.165) is 5.56 Å². The lowest BCUT2D eigenvalue weighted by atomic mass is 10.2. The molecule has 2 N–H and O–H groups in total. The average Bonchev–Trinajstić information content (AvgIpc) is 2.92. The summed E-state index contributed by atoms with van der Waals surface area (Å²) >= 11 is 6.37. The Morgan fingerprint density at radius 1 is 1.19 bits per heavy atom. The normalized spacial score (nSPS) is 10.9. The highest BCUT2D eigenvalue weighted by molar-refractivity contribution is 7.90. The van der Waals surface area contributed by atoms with Gasteiger partial charge in [-0.1, -0.05) is 36.0 Å². The van der Waals surface area contributed by atoms with Crippen LogP contribution in [0.5, 0.6) is 0 Å². The maximum atomic E-state index is 12.0. The molecule has 0 aliphatic rings. The number of aryl methyl sites for hydroxylation is 1. The molecule has 110 valence electrons. The number of nitrogens with one attached hydrogen (secondary N) is 2. The summed E-state index contributed by atoms with van der Waals surface area (Å²) in [5.41, 5.74) is 0.928. The van der Waals surface area contributed by atoms with Gasteiger partial charge in [0, 0.05) is 0 Å². The first-order valence-corrected chi connectivity index (χ1v) is 8.64. The van der Waals surface area contributed by atoms with Crippen molar-refractivity contribution < 1.29 is 13.2 Å². The Morgan fingerprint density at radius 3 is 2.43 bits per heavy atom. The standard InChI is InChI=1S/C13H12N2O3S3/c1-9-4-6-10(7-5-9)21(17,18)15-13(16)14-12(19)11-3-2-8-20-11/h2-8H,1H3,(H2,14,15,16,19). The minimum atomic E-state index is -3.91. The fourth-order valence-corrected chi connectivity index (χ4v) is 3.33. The number of benzene rings is 1. The molecule has 0 radical (unpaired) electrons. The first-order chi connectivity index (χ1) is 9.88. The van der Waals surface area contributed by atoms with Crippen molar-refractivity contribution in [3.05, 3.63) is 52.2 Å². The van der Waals surface area contributed by atoms with Gasteiger partial charge in [0.05, 0.1) is 9.77 Å². The molecule has 0 saturated heterocycles. The van der Waals surface area contributed by atoms with Gasteiger partial charge in [0.2, 0.25) is 0 Å². The van der Waals surface area contributed by atoms with Gasteiger partial charge in [-0.3, -0.25) is 5.32 Å². The number of carbonyl (C=O) groups is 1. The zero-order valence-corrected chi connectivity index (χ0v) is 13.4. The van der Waals surface area contributed by atoms with Gasteiger partial charge in [0.15, 0.2) is 0 Å². The van der Waals surface area contributed by atoms with E-state index in [0.29, 0.717) is 4.88 Å². The molecule has 0 bridgehead atoms. The van der Waals surface area contributed by atoms with Crippen LogP contribution in [0.15, 0.2) is 46.7 Å². The lowest BCUT2D eigenvalue weighted by molar-refractivity contribution is 0.250. The molecule has 2 aromatic rings. The minimum absolute atomic E-state index is 0.0188. The lowest BCUT2D eigenvalue weighted by Gasteiger charge is -2.08. The molecule has 0 saturated carbocycles. The van der Waals surface area contributed by atoms with Crippen LogP contribution in [0.4, 0.5) is 4.79 Å². The molecule has 0 unspecified atom stereocenters.